The molecular weight excluding hydrogens is 382 g/mol. The fourth-order valence-corrected chi connectivity index (χ4v) is 3.60. The maximum absolute atomic E-state index is 5.50. The van der Waals surface area contributed by atoms with Crippen molar-refractivity contribution < 1.29 is 14.2 Å². The maximum Gasteiger partial charge on any atom is 0.203 e. The van der Waals surface area contributed by atoms with E-state index in [-0.39, 0.29) is 0 Å². The second-order valence-corrected chi connectivity index (χ2v) is 6.79. The highest BCUT2D eigenvalue weighted by Gasteiger charge is 2.16. The van der Waals surface area contributed by atoms with Crippen molar-refractivity contribution in [1.29, 1.82) is 0 Å². The molecule has 4 rings (SSSR count). The Hall–Kier alpha value is -3.81. The highest BCUT2D eigenvalue weighted by molar-refractivity contribution is 6.09. The van der Waals surface area contributed by atoms with Gasteiger partial charge in [0.2, 0.25) is 5.75 Å². The molecule has 0 aliphatic rings. The summed E-state index contributed by atoms with van der Waals surface area (Å²) in [5.41, 5.74) is 7.82. The molecule has 0 bridgehead atoms. The van der Waals surface area contributed by atoms with Crippen molar-refractivity contribution in [3.05, 3.63) is 47.8 Å². The molecule has 2 heterocycles. The number of fused-ring (bicyclic) bond motifs is 3. The Labute approximate surface area is 174 Å². The van der Waals surface area contributed by atoms with Crippen molar-refractivity contribution >= 4 is 34.0 Å². The van der Waals surface area contributed by atoms with Gasteiger partial charge in [-0.25, -0.2) is 9.97 Å². The highest BCUT2D eigenvalue weighted by atomic mass is 16.5. The molecule has 8 heteroatoms. The summed E-state index contributed by atoms with van der Waals surface area (Å²) in [7, 11) is 6.73. The van der Waals surface area contributed by atoms with Gasteiger partial charge in [-0.2, -0.15) is 5.10 Å². The highest BCUT2D eigenvalue weighted by Crippen LogP contribution is 2.39. The van der Waals surface area contributed by atoms with Gasteiger partial charge in [0.05, 0.1) is 33.1 Å². The van der Waals surface area contributed by atoms with Crippen molar-refractivity contribution in [1.82, 2.24) is 14.5 Å². The number of benzene rings is 2. The molecule has 0 radical (unpaired) electrons. The van der Waals surface area contributed by atoms with Crippen LogP contribution in [0.25, 0.3) is 21.9 Å². The zero-order valence-electron chi connectivity index (χ0n) is 17.6. The molecule has 8 nitrogen and oxygen atoms in total. The van der Waals surface area contributed by atoms with Crippen molar-refractivity contribution in [2.24, 2.45) is 12.1 Å². The lowest BCUT2D eigenvalue weighted by Gasteiger charge is -2.13. The third kappa shape index (κ3) is 3.16. The number of aromatic nitrogens is 3. The summed E-state index contributed by atoms with van der Waals surface area (Å²) in [6.07, 6.45) is 3.19. The van der Waals surface area contributed by atoms with E-state index in [4.69, 9.17) is 14.2 Å². The quantitative estimate of drug-likeness (QED) is 0.387. The van der Waals surface area contributed by atoms with E-state index >= 15 is 0 Å². The van der Waals surface area contributed by atoms with E-state index in [0.29, 0.717) is 23.1 Å². The molecule has 0 atom stereocenters. The number of anilines is 1. The lowest BCUT2D eigenvalue weighted by molar-refractivity contribution is 0.324. The minimum absolute atomic E-state index is 0.512. The van der Waals surface area contributed by atoms with E-state index < -0.39 is 0 Å². The molecule has 0 aliphatic carbocycles. The number of hydrogen-bond acceptors (Lipinski definition) is 7. The van der Waals surface area contributed by atoms with Crippen LogP contribution in [0.2, 0.25) is 0 Å². The third-order valence-corrected chi connectivity index (χ3v) is 5.04. The minimum Gasteiger partial charge on any atom is -0.493 e. The van der Waals surface area contributed by atoms with Crippen LogP contribution in [-0.2, 0) is 7.05 Å². The summed E-state index contributed by atoms with van der Waals surface area (Å²) in [5, 5.41) is 5.45. The predicted octanol–water partition coefficient (Wildman–Crippen LogP) is 3.90. The number of nitrogens with zero attached hydrogens (tertiary/aromatic N) is 4. The van der Waals surface area contributed by atoms with Crippen LogP contribution in [0.3, 0.4) is 0 Å². The molecule has 1 N–H and O–H groups in total. The second kappa shape index (κ2) is 7.90. The minimum atomic E-state index is 0.512. The number of ether oxygens (including phenoxy) is 3. The average Bonchev–Trinajstić information content (AvgIpc) is 3.05. The Kier molecular flexibility index (Phi) is 5.14. The molecule has 0 saturated carbocycles. The summed E-state index contributed by atoms with van der Waals surface area (Å²) < 4.78 is 18.3. The van der Waals surface area contributed by atoms with Crippen LogP contribution in [0.5, 0.6) is 17.2 Å². The molecule has 0 fully saturated rings. The van der Waals surface area contributed by atoms with E-state index in [0.717, 1.165) is 27.5 Å². The Morgan fingerprint density at radius 1 is 1.00 bits per heavy atom. The van der Waals surface area contributed by atoms with Gasteiger partial charge in [0.15, 0.2) is 17.3 Å². The predicted molar refractivity (Wildman–Crippen MR) is 118 cm³/mol. The Balaban J connectivity index is 1.73. The summed E-state index contributed by atoms with van der Waals surface area (Å²) in [6.45, 7) is 2.07. The Morgan fingerprint density at radius 3 is 2.53 bits per heavy atom. The van der Waals surface area contributed by atoms with Crippen molar-refractivity contribution in [2.75, 3.05) is 26.8 Å². The number of hydrogen-bond donors (Lipinski definition) is 1. The van der Waals surface area contributed by atoms with Crippen molar-refractivity contribution in [3.8, 4) is 17.2 Å². The van der Waals surface area contributed by atoms with Gasteiger partial charge in [-0.05, 0) is 30.7 Å². The summed E-state index contributed by atoms with van der Waals surface area (Å²) >= 11 is 0. The van der Waals surface area contributed by atoms with Gasteiger partial charge in [0.25, 0.3) is 0 Å². The summed E-state index contributed by atoms with van der Waals surface area (Å²) in [4.78, 5) is 8.87. The Morgan fingerprint density at radius 2 is 1.80 bits per heavy atom. The molecule has 2 aromatic heterocycles. The van der Waals surface area contributed by atoms with E-state index in [1.54, 1.807) is 33.6 Å². The molecule has 0 saturated heterocycles. The smallest absolute Gasteiger partial charge is 0.203 e. The van der Waals surface area contributed by atoms with Crippen LogP contribution >= 0.6 is 0 Å². The van der Waals surface area contributed by atoms with Crippen LogP contribution in [0.4, 0.5) is 5.82 Å². The molecule has 0 amide bonds. The number of methoxy groups -OCH3 is 3. The zero-order chi connectivity index (χ0) is 21.3. The molecular formula is C22H23N5O3. The van der Waals surface area contributed by atoms with Gasteiger partial charge < -0.3 is 18.8 Å². The standard InChI is InChI=1S/C22H23N5O3/c1-13-6-8-15-16(10-13)27(2)19-18(15)23-12-24-22(19)26-25-11-14-7-9-17(28-3)21(30-5)20(14)29-4/h6-12H,1-5H3,(H,23,24,26). The van der Waals surface area contributed by atoms with Crippen LogP contribution in [0.15, 0.2) is 41.8 Å². The molecule has 30 heavy (non-hydrogen) atoms. The van der Waals surface area contributed by atoms with Crippen LogP contribution in [0.1, 0.15) is 11.1 Å². The molecule has 0 spiro atoms. The summed E-state index contributed by atoms with van der Waals surface area (Å²) in [5.74, 6) is 2.25. The van der Waals surface area contributed by atoms with Crippen molar-refractivity contribution in [2.45, 2.75) is 6.92 Å². The molecule has 0 unspecified atom stereocenters. The number of nitrogens with one attached hydrogen (secondary N) is 1. The van der Waals surface area contributed by atoms with Crippen LogP contribution in [-0.4, -0.2) is 42.1 Å². The lowest BCUT2D eigenvalue weighted by Crippen LogP contribution is -2.01. The van der Waals surface area contributed by atoms with Crippen LogP contribution < -0.4 is 19.6 Å². The SMILES string of the molecule is COc1ccc(C=NNc2ncnc3c4ccc(C)cc4n(C)c23)c(OC)c1OC. The first-order valence-electron chi connectivity index (χ1n) is 9.36. The van der Waals surface area contributed by atoms with Gasteiger partial charge >= 0.3 is 0 Å². The lowest BCUT2D eigenvalue weighted by atomic mass is 10.2. The number of hydrazone groups is 1. The monoisotopic (exact) mass is 405 g/mol. The first-order valence-corrected chi connectivity index (χ1v) is 9.36. The van der Waals surface area contributed by atoms with Crippen molar-refractivity contribution in [3.63, 3.8) is 0 Å². The molecule has 2 aromatic carbocycles. The first-order chi connectivity index (χ1) is 14.6. The van der Waals surface area contributed by atoms with Gasteiger partial charge in [0, 0.05) is 18.0 Å². The molecule has 154 valence electrons. The van der Waals surface area contributed by atoms with Gasteiger partial charge in [-0.1, -0.05) is 12.1 Å². The number of rotatable bonds is 6. The zero-order valence-corrected chi connectivity index (χ0v) is 17.6. The Bertz CT molecular complexity index is 1260. The molecule has 4 aromatic rings. The van der Waals surface area contributed by atoms with E-state index in [2.05, 4.69) is 50.2 Å². The topological polar surface area (TPSA) is 82.8 Å². The third-order valence-electron chi connectivity index (χ3n) is 5.04. The molecule has 0 aliphatic heterocycles. The van der Waals surface area contributed by atoms with Gasteiger partial charge in [-0.15, -0.1) is 0 Å². The maximum atomic E-state index is 5.50. The largest absolute Gasteiger partial charge is 0.493 e. The summed E-state index contributed by atoms with van der Waals surface area (Å²) in [6, 6.07) is 9.96. The van der Waals surface area contributed by atoms with E-state index in [1.165, 1.54) is 11.9 Å². The normalized spacial score (nSPS) is 11.4. The second-order valence-electron chi connectivity index (χ2n) is 6.79. The van der Waals surface area contributed by atoms with E-state index in [1.807, 2.05) is 13.1 Å². The van der Waals surface area contributed by atoms with Gasteiger partial charge in [-0.3, -0.25) is 5.43 Å². The van der Waals surface area contributed by atoms with E-state index in [9.17, 15) is 0 Å². The van der Waals surface area contributed by atoms with Crippen LogP contribution in [0, 0.1) is 6.92 Å². The van der Waals surface area contributed by atoms with Gasteiger partial charge in [0.1, 0.15) is 17.4 Å². The first kappa shape index (κ1) is 19.5. The number of aryl methyl sites for hydroxylation is 2. The fraction of sp³-hybridized carbons (Fsp3) is 0.227. The fourth-order valence-electron chi connectivity index (χ4n) is 3.60. The average molecular weight is 405 g/mol.